The van der Waals surface area contributed by atoms with Gasteiger partial charge in [0.2, 0.25) is 0 Å². The fourth-order valence-electron chi connectivity index (χ4n) is 3.57. The topological polar surface area (TPSA) is 26.0 Å². The summed E-state index contributed by atoms with van der Waals surface area (Å²) >= 11 is 0. The second-order valence-electron chi connectivity index (χ2n) is 7.02. The third-order valence-electron chi connectivity index (χ3n) is 5.03. The highest BCUT2D eigenvalue weighted by Gasteiger charge is 2.09. The van der Waals surface area contributed by atoms with Crippen molar-refractivity contribution in [1.82, 2.24) is 4.98 Å². The predicted octanol–water partition coefficient (Wildman–Crippen LogP) is 6.55. The van der Waals surface area contributed by atoms with Gasteiger partial charge in [-0.2, -0.15) is 0 Å². The van der Waals surface area contributed by atoms with E-state index in [4.69, 9.17) is 4.42 Å². The van der Waals surface area contributed by atoms with Gasteiger partial charge in [-0.15, -0.1) is 0 Å². The summed E-state index contributed by atoms with van der Waals surface area (Å²) in [7, 11) is 0. The van der Waals surface area contributed by atoms with E-state index in [1.807, 2.05) is 30.5 Å². The molecule has 5 rings (SSSR count). The highest BCUT2D eigenvalue weighted by atomic mass is 16.3. The molecule has 0 bridgehead atoms. The van der Waals surface area contributed by atoms with Gasteiger partial charge in [-0.3, -0.25) is 4.98 Å². The summed E-state index contributed by atoms with van der Waals surface area (Å²) in [5.41, 5.74) is 7.80. The summed E-state index contributed by atoms with van der Waals surface area (Å²) in [5.74, 6) is 0. The van der Waals surface area contributed by atoms with E-state index in [0.717, 1.165) is 39.6 Å². The Balaban J connectivity index is 1.54. The van der Waals surface area contributed by atoms with Gasteiger partial charge in [0.1, 0.15) is 11.2 Å². The number of aryl methyl sites for hydroxylation is 1. The molecule has 0 fully saturated rings. The molecular weight excluding hydrogens is 330 g/mol. The lowest BCUT2D eigenvalue weighted by Gasteiger charge is -2.06. The molecule has 0 radical (unpaired) electrons. The number of fused-ring (bicyclic) bond motifs is 3. The van der Waals surface area contributed by atoms with Crippen LogP contribution in [0.5, 0.6) is 0 Å². The first-order valence-electron chi connectivity index (χ1n) is 9.18. The summed E-state index contributed by atoms with van der Waals surface area (Å²) in [6, 6.07) is 27.5. The van der Waals surface area contributed by atoms with Crippen LogP contribution in [0.1, 0.15) is 16.7 Å². The monoisotopic (exact) mass is 349 g/mol. The Morgan fingerprint density at radius 2 is 1.56 bits per heavy atom. The number of para-hydroxylation sites is 1. The Morgan fingerprint density at radius 1 is 0.741 bits per heavy atom. The molecule has 2 nitrogen and oxygen atoms in total. The Labute approximate surface area is 158 Å². The normalized spacial score (nSPS) is 11.3. The van der Waals surface area contributed by atoms with Crippen molar-refractivity contribution in [1.29, 1.82) is 0 Å². The van der Waals surface area contributed by atoms with Crippen molar-refractivity contribution < 1.29 is 4.42 Å². The Bertz CT molecular complexity index is 1250. The minimum atomic E-state index is 0.909. The predicted molar refractivity (Wildman–Crippen MR) is 111 cm³/mol. The van der Waals surface area contributed by atoms with Crippen molar-refractivity contribution in [2.24, 2.45) is 0 Å². The molecule has 0 aliphatic carbocycles. The number of rotatable bonds is 3. The van der Waals surface area contributed by atoms with E-state index in [1.54, 1.807) is 0 Å². The van der Waals surface area contributed by atoms with Crippen LogP contribution in [0, 0.1) is 6.92 Å². The quantitative estimate of drug-likeness (QED) is 0.369. The first-order chi connectivity index (χ1) is 13.3. The maximum absolute atomic E-state index is 5.94. The Hall–Kier alpha value is -3.39. The van der Waals surface area contributed by atoms with Gasteiger partial charge in [0.25, 0.3) is 0 Å². The maximum Gasteiger partial charge on any atom is 0.135 e. The number of furan rings is 1. The molecule has 0 atom stereocenters. The standard InChI is InChI=1S/C25H19NO/c1-17-6-8-18(9-7-17)14-19-12-13-26-23(15-19)20-10-11-25-22(16-20)21-4-2-3-5-24(21)27-25/h2-13,15-16H,14H2,1H3. The summed E-state index contributed by atoms with van der Waals surface area (Å²) in [4.78, 5) is 4.61. The fourth-order valence-corrected chi connectivity index (χ4v) is 3.57. The summed E-state index contributed by atoms with van der Waals surface area (Å²) < 4.78 is 5.94. The van der Waals surface area contributed by atoms with Crippen LogP contribution < -0.4 is 0 Å². The van der Waals surface area contributed by atoms with Crippen molar-refractivity contribution in [2.45, 2.75) is 13.3 Å². The van der Waals surface area contributed by atoms with Crippen LogP contribution in [-0.4, -0.2) is 4.98 Å². The summed E-state index contributed by atoms with van der Waals surface area (Å²) in [5, 5.41) is 2.28. The minimum absolute atomic E-state index is 0.909. The van der Waals surface area contributed by atoms with Gasteiger partial charge < -0.3 is 4.42 Å². The number of aromatic nitrogens is 1. The zero-order chi connectivity index (χ0) is 18.2. The fraction of sp³-hybridized carbons (Fsp3) is 0.0800. The van der Waals surface area contributed by atoms with E-state index in [9.17, 15) is 0 Å². The highest BCUT2D eigenvalue weighted by molar-refractivity contribution is 6.06. The molecule has 5 aromatic rings. The lowest BCUT2D eigenvalue weighted by atomic mass is 10.0. The molecular formula is C25H19NO. The van der Waals surface area contributed by atoms with Crippen molar-refractivity contribution in [3.8, 4) is 11.3 Å². The van der Waals surface area contributed by atoms with E-state index in [0.29, 0.717) is 0 Å². The van der Waals surface area contributed by atoms with Crippen LogP contribution in [0.3, 0.4) is 0 Å². The third kappa shape index (κ3) is 3.00. The van der Waals surface area contributed by atoms with Crippen molar-refractivity contribution in [3.63, 3.8) is 0 Å². The van der Waals surface area contributed by atoms with Crippen LogP contribution in [-0.2, 0) is 6.42 Å². The summed E-state index contributed by atoms with van der Waals surface area (Å²) in [6.45, 7) is 2.12. The molecule has 0 unspecified atom stereocenters. The van der Waals surface area contributed by atoms with Crippen molar-refractivity contribution >= 4 is 21.9 Å². The van der Waals surface area contributed by atoms with E-state index in [2.05, 4.69) is 66.5 Å². The average Bonchev–Trinajstić information content (AvgIpc) is 3.08. The molecule has 130 valence electrons. The Kier molecular flexibility index (Phi) is 3.75. The van der Waals surface area contributed by atoms with Gasteiger partial charge in [0.15, 0.2) is 0 Å². The molecule has 27 heavy (non-hydrogen) atoms. The molecule has 0 aliphatic heterocycles. The molecule has 2 heteroatoms. The number of benzene rings is 3. The highest BCUT2D eigenvalue weighted by Crippen LogP contribution is 2.32. The lowest BCUT2D eigenvalue weighted by molar-refractivity contribution is 0.669. The number of hydrogen-bond acceptors (Lipinski definition) is 2. The van der Waals surface area contributed by atoms with Gasteiger partial charge in [0.05, 0.1) is 5.69 Å². The zero-order valence-electron chi connectivity index (χ0n) is 15.1. The van der Waals surface area contributed by atoms with E-state index in [-0.39, 0.29) is 0 Å². The molecule has 0 amide bonds. The zero-order valence-corrected chi connectivity index (χ0v) is 15.1. The molecule has 0 saturated heterocycles. The average molecular weight is 349 g/mol. The van der Waals surface area contributed by atoms with Crippen LogP contribution in [0.2, 0.25) is 0 Å². The summed E-state index contributed by atoms with van der Waals surface area (Å²) in [6.07, 6.45) is 2.81. The van der Waals surface area contributed by atoms with Crippen LogP contribution in [0.25, 0.3) is 33.2 Å². The van der Waals surface area contributed by atoms with E-state index in [1.165, 1.54) is 16.7 Å². The smallest absolute Gasteiger partial charge is 0.135 e. The molecule has 0 spiro atoms. The van der Waals surface area contributed by atoms with Gasteiger partial charge >= 0.3 is 0 Å². The van der Waals surface area contributed by atoms with Crippen molar-refractivity contribution in [2.75, 3.05) is 0 Å². The molecule has 0 aliphatic rings. The second kappa shape index (κ2) is 6.40. The molecule has 2 aromatic heterocycles. The van der Waals surface area contributed by atoms with Gasteiger partial charge in [0, 0.05) is 22.5 Å². The molecule has 2 heterocycles. The van der Waals surface area contributed by atoms with E-state index < -0.39 is 0 Å². The van der Waals surface area contributed by atoms with Crippen molar-refractivity contribution in [3.05, 3.63) is 102 Å². The van der Waals surface area contributed by atoms with Crippen LogP contribution in [0.15, 0.2) is 89.5 Å². The Morgan fingerprint density at radius 3 is 2.44 bits per heavy atom. The second-order valence-corrected chi connectivity index (χ2v) is 7.02. The number of hydrogen-bond donors (Lipinski definition) is 0. The molecule has 3 aromatic carbocycles. The molecule has 0 N–H and O–H groups in total. The van der Waals surface area contributed by atoms with Gasteiger partial charge in [-0.1, -0.05) is 48.0 Å². The van der Waals surface area contributed by atoms with Crippen LogP contribution in [0.4, 0.5) is 0 Å². The minimum Gasteiger partial charge on any atom is -0.456 e. The maximum atomic E-state index is 5.94. The SMILES string of the molecule is Cc1ccc(Cc2ccnc(-c3ccc4oc5ccccc5c4c3)c2)cc1. The van der Waals surface area contributed by atoms with E-state index >= 15 is 0 Å². The first-order valence-corrected chi connectivity index (χ1v) is 9.18. The number of nitrogens with zero attached hydrogens (tertiary/aromatic N) is 1. The molecule has 0 saturated carbocycles. The first kappa shape index (κ1) is 15.8. The lowest BCUT2D eigenvalue weighted by Crippen LogP contribution is -1.91. The van der Waals surface area contributed by atoms with Gasteiger partial charge in [-0.25, -0.2) is 0 Å². The largest absolute Gasteiger partial charge is 0.456 e. The van der Waals surface area contributed by atoms with Gasteiger partial charge in [-0.05, 0) is 60.9 Å². The number of pyridine rings is 1. The third-order valence-corrected chi connectivity index (χ3v) is 5.03. The van der Waals surface area contributed by atoms with Crippen LogP contribution >= 0.6 is 0 Å².